The molecule has 0 N–H and O–H groups in total. The van der Waals surface area contributed by atoms with Gasteiger partial charge in [-0.15, -0.1) is 16.4 Å². The molecule has 0 fully saturated rings. The van der Waals surface area contributed by atoms with Crippen LogP contribution in [0.2, 0.25) is 0 Å². The molecule has 3 heterocycles. The molecule has 3 aromatic heterocycles. The third-order valence-corrected chi connectivity index (χ3v) is 11.6. The fraction of sp³-hybridized carbons (Fsp3) is 0. The van der Waals surface area contributed by atoms with Gasteiger partial charge in [-0.2, -0.15) is 0 Å². The Hall–Kier alpha value is -6.53. The molecule has 0 saturated heterocycles. The normalized spacial score (nSPS) is 11.6. The number of para-hydroxylation sites is 1. The number of hydrogen-bond donors (Lipinski definition) is 0. The fourth-order valence-corrected chi connectivity index (χ4v) is 8.34. The monoisotopic (exact) mass is 700 g/mol. The fourth-order valence-electron chi connectivity index (χ4n) is 8.34. The van der Waals surface area contributed by atoms with E-state index in [9.17, 15) is 0 Å². The van der Waals surface area contributed by atoms with Crippen LogP contribution in [0.4, 0.5) is 0 Å². The van der Waals surface area contributed by atoms with Gasteiger partial charge < -0.3 is 8.98 Å². The van der Waals surface area contributed by atoms with Crippen molar-refractivity contribution < 1.29 is 4.42 Å². The summed E-state index contributed by atoms with van der Waals surface area (Å²) in [6, 6.07) is 48.9. The van der Waals surface area contributed by atoms with Crippen LogP contribution in [0.25, 0.3) is 94.7 Å². The summed E-state index contributed by atoms with van der Waals surface area (Å²) in [6.07, 6.45) is 0. The molecule has 5 nitrogen and oxygen atoms in total. The molecule has 10 heteroatoms. The first-order chi connectivity index (χ1) is 26.9. The molecule has 10 aromatic rings. The Morgan fingerprint density at radius 1 is 0.400 bits per heavy atom. The van der Waals surface area contributed by atoms with E-state index in [0.29, 0.717) is 17.5 Å². The van der Waals surface area contributed by atoms with Crippen LogP contribution in [-0.2, 0) is 0 Å². The van der Waals surface area contributed by atoms with Gasteiger partial charge in [0.05, 0.1) is 22.1 Å². The van der Waals surface area contributed by atoms with E-state index in [0.717, 1.165) is 55.3 Å². The first-order valence-corrected chi connectivity index (χ1v) is 18.8. The van der Waals surface area contributed by atoms with Crippen LogP contribution < -0.4 is 27.3 Å². The molecule has 7 aromatic carbocycles. The molecule has 0 spiro atoms. The molecule has 254 valence electrons. The molecule has 0 aliphatic carbocycles. The van der Waals surface area contributed by atoms with E-state index >= 15 is 0 Å². The van der Waals surface area contributed by atoms with Crippen LogP contribution in [0.1, 0.15) is 0 Å². The van der Waals surface area contributed by atoms with Gasteiger partial charge in [-0.1, -0.05) is 108 Å². The van der Waals surface area contributed by atoms with Crippen molar-refractivity contribution in [3.63, 3.8) is 0 Å². The van der Waals surface area contributed by atoms with Gasteiger partial charge >= 0.3 is 0 Å². The summed E-state index contributed by atoms with van der Waals surface area (Å²) in [4.78, 5) is 15.5. The van der Waals surface area contributed by atoms with Gasteiger partial charge in [0.15, 0.2) is 17.5 Å². The Labute approximate surface area is 323 Å². The second-order valence-corrected chi connectivity index (χ2v) is 14.6. The van der Waals surface area contributed by atoms with Gasteiger partial charge in [0.25, 0.3) is 0 Å². The van der Waals surface area contributed by atoms with Crippen molar-refractivity contribution in [2.45, 2.75) is 0 Å². The highest BCUT2D eigenvalue weighted by Crippen LogP contribution is 2.40. The Bertz CT molecular complexity index is 3130. The second kappa shape index (κ2) is 12.8. The zero-order valence-corrected chi connectivity index (χ0v) is 31.5. The van der Waals surface area contributed by atoms with Crippen molar-refractivity contribution >= 4 is 110 Å². The lowest BCUT2D eigenvalue weighted by molar-refractivity contribution is 0.669. The van der Waals surface area contributed by atoms with Gasteiger partial charge in [-0.3, -0.25) is 0 Å². The molecular formula is C45H33B5N4O. The van der Waals surface area contributed by atoms with E-state index in [1.807, 2.05) is 18.2 Å². The van der Waals surface area contributed by atoms with Gasteiger partial charge in [-0.25, -0.2) is 15.0 Å². The third kappa shape index (κ3) is 5.27. The summed E-state index contributed by atoms with van der Waals surface area (Å²) in [5.41, 5.74) is 16.5. The van der Waals surface area contributed by atoms with E-state index in [1.165, 1.54) is 49.2 Å². The lowest BCUT2D eigenvalue weighted by Crippen LogP contribution is -2.55. The van der Waals surface area contributed by atoms with Crippen molar-refractivity contribution in [3.05, 3.63) is 140 Å². The quantitative estimate of drug-likeness (QED) is 0.260. The highest BCUT2D eigenvalue weighted by molar-refractivity contribution is 6.68. The van der Waals surface area contributed by atoms with Crippen molar-refractivity contribution in [3.8, 4) is 51.0 Å². The molecule has 0 aliphatic heterocycles. The first-order valence-electron chi connectivity index (χ1n) is 18.8. The Kier molecular flexibility index (Phi) is 7.70. The van der Waals surface area contributed by atoms with Crippen LogP contribution in [0, 0.1) is 0 Å². The van der Waals surface area contributed by atoms with E-state index in [4.69, 9.17) is 19.4 Å². The number of rotatable bonds is 5. The number of furan rings is 1. The predicted molar refractivity (Wildman–Crippen MR) is 244 cm³/mol. The van der Waals surface area contributed by atoms with Gasteiger partial charge in [0, 0.05) is 32.8 Å². The summed E-state index contributed by atoms with van der Waals surface area (Å²) in [5.74, 6) is 1.95. The average Bonchev–Trinajstić information content (AvgIpc) is 3.78. The van der Waals surface area contributed by atoms with Crippen molar-refractivity contribution in [1.29, 1.82) is 0 Å². The van der Waals surface area contributed by atoms with Gasteiger partial charge in [0.2, 0.25) is 0 Å². The molecule has 0 saturated carbocycles. The minimum Gasteiger partial charge on any atom is -0.456 e. The van der Waals surface area contributed by atoms with Crippen LogP contribution in [-0.4, -0.2) is 58.8 Å². The van der Waals surface area contributed by atoms with Crippen molar-refractivity contribution in [2.75, 3.05) is 0 Å². The lowest BCUT2D eigenvalue weighted by Gasteiger charge is -2.20. The van der Waals surface area contributed by atoms with Crippen molar-refractivity contribution in [1.82, 2.24) is 19.5 Å². The van der Waals surface area contributed by atoms with Crippen LogP contribution >= 0.6 is 0 Å². The Morgan fingerprint density at radius 2 is 1.00 bits per heavy atom. The molecule has 0 radical (unpaired) electrons. The number of benzene rings is 7. The van der Waals surface area contributed by atoms with Gasteiger partial charge in [-0.05, 0) is 53.6 Å². The van der Waals surface area contributed by atoms with Crippen LogP contribution in [0.3, 0.4) is 0 Å². The Morgan fingerprint density at radius 3 is 1.75 bits per heavy atom. The zero-order valence-electron chi connectivity index (χ0n) is 31.5. The largest absolute Gasteiger partial charge is 0.456 e. The molecular weight excluding hydrogens is 667 g/mol. The minimum absolute atomic E-state index is 0.622. The molecule has 0 atom stereocenters. The molecule has 0 bridgehead atoms. The summed E-state index contributed by atoms with van der Waals surface area (Å²) in [6.45, 7) is 0. The van der Waals surface area contributed by atoms with Gasteiger partial charge in [0.1, 0.15) is 50.4 Å². The van der Waals surface area contributed by atoms with E-state index in [-0.39, 0.29) is 0 Å². The second-order valence-electron chi connectivity index (χ2n) is 14.6. The number of hydrogen-bond acceptors (Lipinski definition) is 4. The lowest BCUT2D eigenvalue weighted by atomic mass is 9.60. The predicted octanol–water partition coefficient (Wildman–Crippen LogP) is 2.83. The molecule has 0 amide bonds. The Balaban J connectivity index is 1.22. The summed E-state index contributed by atoms with van der Waals surface area (Å²) >= 11 is 0. The standard InChI is InChI=1S/C45H33B5N4O/c46-38-37(39(47)41(49)42(50)40(38)48)45-52-43(25-12-5-2-6-13-25)51-44(53-45)27-19-21-34-30(22-27)36-32(16-9-17-35(36)55-34)54-31-15-8-7-14-28(31)29-20-18-26(23-33(29)54)24-10-3-1-4-11-24/h1-23H,46-50H2. The van der Waals surface area contributed by atoms with Crippen molar-refractivity contribution in [2.24, 2.45) is 0 Å². The van der Waals surface area contributed by atoms with Crippen LogP contribution in [0.15, 0.2) is 144 Å². The van der Waals surface area contributed by atoms with E-state index in [2.05, 4.69) is 165 Å². The average molecular weight is 700 g/mol. The SMILES string of the molecule is Bc1c(B)c(B)c(-c2nc(-c3ccccc3)nc(-c3ccc4oc5cccc(-n6c7ccccc7c7ccc(-c8ccccc8)cc76)c5c4c3)n2)c(B)c1B. The van der Waals surface area contributed by atoms with E-state index < -0.39 is 0 Å². The third-order valence-electron chi connectivity index (χ3n) is 11.6. The van der Waals surface area contributed by atoms with E-state index in [1.54, 1.807) is 0 Å². The molecule has 55 heavy (non-hydrogen) atoms. The minimum atomic E-state index is 0.622. The molecule has 10 rings (SSSR count). The maximum Gasteiger partial charge on any atom is 0.164 e. The number of aromatic nitrogens is 4. The maximum atomic E-state index is 6.59. The highest BCUT2D eigenvalue weighted by atomic mass is 16.3. The number of fused-ring (bicyclic) bond motifs is 6. The molecule has 0 unspecified atom stereocenters. The smallest absolute Gasteiger partial charge is 0.164 e. The molecule has 0 aliphatic rings. The van der Waals surface area contributed by atoms with Crippen LogP contribution in [0.5, 0.6) is 0 Å². The summed E-state index contributed by atoms with van der Waals surface area (Å²) in [7, 11) is 10.9. The number of nitrogens with zero attached hydrogens (tertiary/aromatic N) is 4. The zero-order chi connectivity index (χ0) is 37.4. The summed E-state index contributed by atoms with van der Waals surface area (Å²) < 4.78 is 8.98. The summed E-state index contributed by atoms with van der Waals surface area (Å²) in [5, 5.41) is 4.46. The topological polar surface area (TPSA) is 56.7 Å². The maximum absolute atomic E-state index is 6.59. The highest BCUT2D eigenvalue weighted by Gasteiger charge is 2.21. The first kappa shape index (κ1) is 33.1.